The number of phenols is 1. The van der Waals surface area contributed by atoms with Crippen LogP contribution in [0.15, 0.2) is 53.8 Å². The molecule has 8 nitrogen and oxygen atoms in total. The molecule has 1 aromatic heterocycles. The summed E-state index contributed by atoms with van der Waals surface area (Å²) in [6, 6.07) is 12.4. The van der Waals surface area contributed by atoms with Crippen molar-refractivity contribution in [2.75, 3.05) is 26.3 Å². The molecule has 1 saturated heterocycles. The lowest BCUT2D eigenvalue weighted by atomic mass is 10.2. The summed E-state index contributed by atoms with van der Waals surface area (Å²) in [5, 5.41) is 14.8. The first-order chi connectivity index (χ1) is 15.0. The van der Waals surface area contributed by atoms with Gasteiger partial charge in [0.15, 0.2) is 0 Å². The monoisotopic (exact) mass is 532 g/mol. The van der Waals surface area contributed by atoms with E-state index in [-0.39, 0.29) is 18.2 Å². The zero-order valence-corrected chi connectivity index (χ0v) is 18.8. The number of halogens is 1. The molecule has 2 N–H and O–H groups in total. The van der Waals surface area contributed by atoms with Gasteiger partial charge in [0.05, 0.1) is 23.0 Å². The van der Waals surface area contributed by atoms with Crippen LogP contribution >= 0.6 is 22.6 Å². The van der Waals surface area contributed by atoms with Gasteiger partial charge in [-0.3, -0.25) is 9.59 Å². The smallest absolute Gasteiger partial charge is 0.271 e. The van der Waals surface area contributed by atoms with Crippen molar-refractivity contribution in [2.45, 2.75) is 6.54 Å². The Morgan fingerprint density at radius 2 is 1.97 bits per heavy atom. The van der Waals surface area contributed by atoms with Crippen molar-refractivity contribution >= 4 is 51.5 Å². The third kappa shape index (κ3) is 4.88. The van der Waals surface area contributed by atoms with E-state index < -0.39 is 5.91 Å². The third-order valence-corrected chi connectivity index (χ3v) is 5.98. The molecule has 0 saturated carbocycles. The lowest BCUT2D eigenvalue weighted by molar-refractivity contribution is -0.135. The molecule has 2 heterocycles. The van der Waals surface area contributed by atoms with Crippen molar-refractivity contribution in [3.05, 3.63) is 63.4 Å². The maximum absolute atomic E-state index is 12.7. The second kappa shape index (κ2) is 9.48. The van der Waals surface area contributed by atoms with Crippen molar-refractivity contribution in [2.24, 2.45) is 5.10 Å². The van der Waals surface area contributed by atoms with Crippen LogP contribution in [0.5, 0.6) is 5.75 Å². The average molecular weight is 532 g/mol. The largest absolute Gasteiger partial charge is 0.507 e. The van der Waals surface area contributed by atoms with E-state index in [4.69, 9.17) is 4.74 Å². The van der Waals surface area contributed by atoms with Gasteiger partial charge in [0.2, 0.25) is 5.91 Å². The number of carbonyl (C=O) groups excluding carboxylic acids is 2. The minimum absolute atomic E-state index is 0.0411. The number of benzene rings is 2. The Morgan fingerprint density at radius 3 is 2.74 bits per heavy atom. The first kappa shape index (κ1) is 21.3. The highest BCUT2D eigenvalue weighted by Gasteiger charge is 2.18. The van der Waals surface area contributed by atoms with Gasteiger partial charge in [0.25, 0.3) is 5.91 Å². The number of aromatic hydroxyl groups is 1. The maximum atomic E-state index is 12.7. The second-order valence-corrected chi connectivity index (χ2v) is 8.25. The molecule has 0 unspecified atom stereocenters. The summed E-state index contributed by atoms with van der Waals surface area (Å²) < 4.78 is 7.88. The highest BCUT2D eigenvalue weighted by atomic mass is 127. The van der Waals surface area contributed by atoms with Crippen LogP contribution in [0.1, 0.15) is 15.9 Å². The van der Waals surface area contributed by atoms with Crippen molar-refractivity contribution in [1.29, 1.82) is 0 Å². The molecule has 3 aromatic rings. The number of para-hydroxylation sites is 1. The quantitative estimate of drug-likeness (QED) is 0.300. The number of phenolic OH excluding ortho intramolecular Hbond substituents is 1. The minimum Gasteiger partial charge on any atom is -0.507 e. The first-order valence-corrected chi connectivity index (χ1v) is 10.9. The number of carbonyl (C=O) groups is 2. The summed E-state index contributed by atoms with van der Waals surface area (Å²) >= 11 is 1.99. The summed E-state index contributed by atoms with van der Waals surface area (Å²) in [6.07, 6.45) is 3.41. The molecule has 4 rings (SSSR count). The van der Waals surface area contributed by atoms with Crippen molar-refractivity contribution in [1.82, 2.24) is 14.9 Å². The number of nitrogens with one attached hydrogen (secondary N) is 1. The number of nitrogens with zero attached hydrogens (tertiary/aromatic N) is 3. The predicted octanol–water partition coefficient (Wildman–Crippen LogP) is 2.57. The van der Waals surface area contributed by atoms with Gasteiger partial charge in [0.1, 0.15) is 12.3 Å². The maximum Gasteiger partial charge on any atom is 0.271 e. The van der Waals surface area contributed by atoms with Gasteiger partial charge in [-0.2, -0.15) is 5.10 Å². The van der Waals surface area contributed by atoms with Crippen LogP contribution in [0, 0.1) is 3.57 Å². The van der Waals surface area contributed by atoms with E-state index in [1.165, 1.54) is 6.07 Å². The zero-order valence-electron chi connectivity index (χ0n) is 16.6. The first-order valence-electron chi connectivity index (χ1n) is 9.78. The third-order valence-electron chi connectivity index (χ3n) is 5.07. The van der Waals surface area contributed by atoms with E-state index in [1.807, 2.05) is 62.5 Å². The summed E-state index contributed by atoms with van der Waals surface area (Å²) in [5.74, 6) is -0.334. The molecule has 0 radical (unpaired) electrons. The van der Waals surface area contributed by atoms with Crippen molar-refractivity contribution in [3.63, 3.8) is 0 Å². The number of ether oxygens (including phenoxy) is 1. The Bertz CT molecular complexity index is 1150. The SMILES string of the molecule is O=C(NN=Cc1cn(CC(=O)N2CCOCC2)c2ccccc12)c1ccc(I)c(O)c1. The van der Waals surface area contributed by atoms with E-state index in [0.29, 0.717) is 35.4 Å². The summed E-state index contributed by atoms with van der Waals surface area (Å²) in [5.41, 5.74) is 4.50. The van der Waals surface area contributed by atoms with Gasteiger partial charge in [-0.1, -0.05) is 18.2 Å². The lowest BCUT2D eigenvalue weighted by Crippen LogP contribution is -2.42. The summed E-state index contributed by atoms with van der Waals surface area (Å²) in [6.45, 7) is 2.56. The average Bonchev–Trinajstić information content (AvgIpc) is 3.13. The summed E-state index contributed by atoms with van der Waals surface area (Å²) in [7, 11) is 0. The molecule has 2 amide bonds. The molecular formula is C22H21IN4O4. The fourth-order valence-electron chi connectivity index (χ4n) is 3.45. The molecule has 1 fully saturated rings. The summed E-state index contributed by atoms with van der Waals surface area (Å²) in [4.78, 5) is 26.8. The molecule has 2 aromatic carbocycles. The molecule has 1 aliphatic rings. The minimum atomic E-state index is -0.422. The number of hydrazone groups is 1. The number of rotatable bonds is 5. The van der Waals surface area contributed by atoms with E-state index in [9.17, 15) is 14.7 Å². The number of aromatic nitrogens is 1. The van der Waals surface area contributed by atoms with Gasteiger partial charge in [0, 0.05) is 41.3 Å². The van der Waals surface area contributed by atoms with Crippen molar-refractivity contribution < 1.29 is 19.4 Å². The van der Waals surface area contributed by atoms with Gasteiger partial charge in [-0.05, 0) is 46.9 Å². The van der Waals surface area contributed by atoms with Crippen LogP contribution in [0.2, 0.25) is 0 Å². The Kier molecular flexibility index (Phi) is 6.52. The van der Waals surface area contributed by atoms with Gasteiger partial charge in [-0.25, -0.2) is 5.43 Å². The van der Waals surface area contributed by atoms with Crippen LogP contribution in [0.4, 0.5) is 0 Å². The fourth-order valence-corrected chi connectivity index (χ4v) is 3.78. The molecule has 0 aliphatic carbocycles. The van der Waals surface area contributed by atoms with Crippen LogP contribution < -0.4 is 5.43 Å². The molecule has 160 valence electrons. The standard InChI is InChI=1S/C22H21IN4O4/c23-18-6-5-15(11-20(18)28)22(30)25-24-12-16-13-27(19-4-2-1-3-17(16)19)14-21(29)26-7-9-31-10-8-26/h1-6,11-13,28H,7-10,14H2,(H,25,30). The fraction of sp³-hybridized carbons (Fsp3) is 0.227. The Balaban J connectivity index is 1.50. The molecule has 0 bridgehead atoms. The van der Waals surface area contributed by atoms with Crippen LogP contribution in [0.3, 0.4) is 0 Å². The highest BCUT2D eigenvalue weighted by Crippen LogP contribution is 2.21. The van der Waals surface area contributed by atoms with E-state index in [0.717, 1.165) is 16.5 Å². The molecule has 1 aliphatic heterocycles. The molecule has 0 spiro atoms. The van der Waals surface area contributed by atoms with E-state index in [2.05, 4.69) is 10.5 Å². The number of hydrogen-bond acceptors (Lipinski definition) is 5. The normalized spacial score (nSPS) is 14.3. The van der Waals surface area contributed by atoms with E-state index >= 15 is 0 Å². The number of hydrogen-bond donors (Lipinski definition) is 2. The lowest BCUT2D eigenvalue weighted by Gasteiger charge is -2.27. The zero-order chi connectivity index (χ0) is 21.8. The Labute approximate surface area is 192 Å². The molecular weight excluding hydrogens is 511 g/mol. The number of amides is 2. The van der Waals surface area contributed by atoms with Crippen LogP contribution in [-0.4, -0.2) is 58.9 Å². The van der Waals surface area contributed by atoms with Gasteiger partial charge in [-0.15, -0.1) is 0 Å². The molecule has 0 atom stereocenters. The Hall–Kier alpha value is -2.92. The predicted molar refractivity (Wildman–Crippen MR) is 125 cm³/mol. The number of fused-ring (bicyclic) bond motifs is 1. The molecule has 31 heavy (non-hydrogen) atoms. The second-order valence-electron chi connectivity index (χ2n) is 7.09. The van der Waals surface area contributed by atoms with Crippen LogP contribution in [0.25, 0.3) is 10.9 Å². The topological polar surface area (TPSA) is 96.2 Å². The highest BCUT2D eigenvalue weighted by molar-refractivity contribution is 14.1. The Morgan fingerprint density at radius 1 is 1.19 bits per heavy atom. The van der Waals surface area contributed by atoms with Gasteiger partial charge >= 0.3 is 0 Å². The van der Waals surface area contributed by atoms with Gasteiger partial charge < -0.3 is 19.3 Å². The number of morpholine rings is 1. The van der Waals surface area contributed by atoms with E-state index in [1.54, 1.807) is 18.3 Å². The van der Waals surface area contributed by atoms with Crippen molar-refractivity contribution in [3.8, 4) is 5.75 Å². The van der Waals surface area contributed by atoms with Crippen LogP contribution in [-0.2, 0) is 16.1 Å². The molecule has 9 heteroatoms.